The first-order chi connectivity index (χ1) is 10.9. The zero-order valence-electron chi connectivity index (χ0n) is 13.7. The molecule has 1 aromatic rings. The number of rotatable bonds is 4. The van der Waals surface area contributed by atoms with Gasteiger partial charge in [0.1, 0.15) is 5.75 Å². The maximum absolute atomic E-state index is 12.4. The van der Waals surface area contributed by atoms with E-state index in [1.54, 1.807) is 41.0 Å². The van der Waals surface area contributed by atoms with E-state index in [0.29, 0.717) is 37.5 Å². The van der Waals surface area contributed by atoms with Crippen LogP contribution in [-0.4, -0.2) is 59.7 Å². The summed E-state index contributed by atoms with van der Waals surface area (Å²) in [6, 6.07) is 6.74. The lowest BCUT2D eigenvalue weighted by Crippen LogP contribution is -2.52. The van der Waals surface area contributed by atoms with Crippen molar-refractivity contribution in [3.8, 4) is 5.75 Å². The molecule has 1 heterocycles. The Hall–Kier alpha value is -2.37. The topological polar surface area (TPSA) is 66.9 Å². The van der Waals surface area contributed by atoms with Gasteiger partial charge in [0.15, 0.2) is 11.9 Å². The summed E-state index contributed by atoms with van der Waals surface area (Å²) in [5.74, 6) is 0.484. The van der Waals surface area contributed by atoms with Crippen LogP contribution in [0.5, 0.6) is 5.75 Å². The predicted octanol–water partition coefficient (Wildman–Crippen LogP) is 1.35. The molecule has 23 heavy (non-hydrogen) atoms. The van der Waals surface area contributed by atoms with E-state index in [1.807, 2.05) is 0 Å². The summed E-state index contributed by atoms with van der Waals surface area (Å²) in [5.41, 5.74) is 0.608. The number of piperazine rings is 1. The highest BCUT2D eigenvalue weighted by Gasteiger charge is 2.26. The molecule has 0 spiro atoms. The zero-order valence-corrected chi connectivity index (χ0v) is 13.7. The fraction of sp³-hybridized carbons (Fsp3) is 0.471. The third-order valence-corrected chi connectivity index (χ3v) is 3.96. The standard InChI is InChI=1S/C17H22N2O4/c1-12(20)15-4-6-16(7-5-15)23-13(2)17(22)19-10-8-18(9-11-19)14(3)21/h4-7,13H,8-11H2,1-3H3/t13-/m0/s1. The lowest BCUT2D eigenvalue weighted by molar-refractivity contribution is -0.143. The number of hydrogen-bond acceptors (Lipinski definition) is 4. The van der Waals surface area contributed by atoms with Gasteiger partial charge in [-0.3, -0.25) is 14.4 Å². The van der Waals surface area contributed by atoms with Gasteiger partial charge >= 0.3 is 0 Å². The minimum Gasteiger partial charge on any atom is -0.481 e. The summed E-state index contributed by atoms with van der Waals surface area (Å²) in [7, 11) is 0. The van der Waals surface area contributed by atoms with E-state index in [9.17, 15) is 14.4 Å². The summed E-state index contributed by atoms with van der Waals surface area (Å²) >= 11 is 0. The van der Waals surface area contributed by atoms with Crippen LogP contribution in [0.25, 0.3) is 0 Å². The van der Waals surface area contributed by atoms with Crippen LogP contribution in [0.3, 0.4) is 0 Å². The van der Waals surface area contributed by atoms with E-state index in [1.165, 1.54) is 13.8 Å². The number of hydrogen-bond donors (Lipinski definition) is 0. The third kappa shape index (κ3) is 4.31. The Kier molecular flexibility index (Phi) is 5.36. The molecule has 1 fully saturated rings. The van der Waals surface area contributed by atoms with Crippen LogP contribution in [-0.2, 0) is 9.59 Å². The molecule has 2 rings (SSSR count). The van der Waals surface area contributed by atoms with Crippen LogP contribution in [0.4, 0.5) is 0 Å². The van der Waals surface area contributed by atoms with E-state index < -0.39 is 6.10 Å². The Morgan fingerprint density at radius 2 is 1.48 bits per heavy atom. The predicted molar refractivity (Wildman–Crippen MR) is 85.4 cm³/mol. The Morgan fingerprint density at radius 3 is 1.96 bits per heavy atom. The highest BCUT2D eigenvalue weighted by molar-refractivity contribution is 5.94. The van der Waals surface area contributed by atoms with Crippen molar-refractivity contribution < 1.29 is 19.1 Å². The number of carbonyl (C=O) groups excluding carboxylic acids is 3. The molecule has 1 atom stereocenters. The molecule has 0 bridgehead atoms. The van der Waals surface area contributed by atoms with Gasteiger partial charge in [-0.25, -0.2) is 0 Å². The van der Waals surface area contributed by atoms with Gasteiger partial charge in [0.05, 0.1) is 0 Å². The first-order valence-corrected chi connectivity index (χ1v) is 7.70. The second-order valence-electron chi connectivity index (χ2n) is 5.67. The molecule has 6 heteroatoms. The number of ether oxygens (including phenoxy) is 1. The van der Waals surface area contributed by atoms with Crippen molar-refractivity contribution >= 4 is 17.6 Å². The Bertz CT molecular complexity index is 589. The van der Waals surface area contributed by atoms with Crippen LogP contribution in [0, 0.1) is 0 Å². The van der Waals surface area contributed by atoms with E-state index in [-0.39, 0.29) is 17.6 Å². The molecule has 0 saturated carbocycles. The molecule has 0 radical (unpaired) electrons. The van der Waals surface area contributed by atoms with Crippen molar-refractivity contribution in [2.24, 2.45) is 0 Å². The molecule has 0 N–H and O–H groups in total. The lowest BCUT2D eigenvalue weighted by atomic mass is 10.1. The fourth-order valence-electron chi connectivity index (χ4n) is 2.52. The minimum absolute atomic E-state index is 0.0102. The molecule has 2 amide bonds. The normalized spacial score (nSPS) is 16.0. The van der Waals surface area contributed by atoms with Crippen molar-refractivity contribution in [3.63, 3.8) is 0 Å². The van der Waals surface area contributed by atoms with E-state index >= 15 is 0 Å². The number of ketones is 1. The summed E-state index contributed by atoms with van der Waals surface area (Å²) in [5, 5.41) is 0. The first kappa shape index (κ1) is 17.0. The van der Waals surface area contributed by atoms with Crippen LogP contribution in [0.1, 0.15) is 31.1 Å². The molecular weight excluding hydrogens is 296 g/mol. The molecule has 0 aliphatic carbocycles. The van der Waals surface area contributed by atoms with E-state index in [4.69, 9.17) is 4.74 Å². The van der Waals surface area contributed by atoms with Crippen molar-refractivity contribution in [2.45, 2.75) is 26.9 Å². The van der Waals surface area contributed by atoms with Gasteiger partial charge in [0.25, 0.3) is 5.91 Å². The van der Waals surface area contributed by atoms with Crippen molar-refractivity contribution in [3.05, 3.63) is 29.8 Å². The highest BCUT2D eigenvalue weighted by Crippen LogP contribution is 2.15. The van der Waals surface area contributed by atoms with Crippen LogP contribution < -0.4 is 4.74 Å². The largest absolute Gasteiger partial charge is 0.481 e. The van der Waals surface area contributed by atoms with Crippen LogP contribution >= 0.6 is 0 Å². The Labute approximate surface area is 136 Å². The van der Waals surface area contributed by atoms with Crippen molar-refractivity contribution in [1.82, 2.24) is 9.80 Å². The van der Waals surface area contributed by atoms with Gasteiger partial charge in [0, 0.05) is 38.7 Å². The molecule has 124 valence electrons. The van der Waals surface area contributed by atoms with Gasteiger partial charge in [-0.05, 0) is 38.1 Å². The highest BCUT2D eigenvalue weighted by atomic mass is 16.5. The summed E-state index contributed by atoms with van der Waals surface area (Å²) in [6.07, 6.45) is -0.609. The van der Waals surface area contributed by atoms with E-state index in [2.05, 4.69) is 0 Å². The van der Waals surface area contributed by atoms with Gasteiger partial charge < -0.3 is 14.5 Å². The Morgan fingerprint density at radius 1 is 0.957 bits per heavy atom. The molecule has 0 aromatic heterocycles. The molecule has 0 unspecified atom stereocenters. The second kappa shape index (κ2) is 7.26. The van der Waals surface area contributed by atoms with Crippen LogP contribution in [0.2, 0.25) is 0 Å². The maximum Gasteiger partial charge on any atom is 0.263 e. The quantitative estimate of drug-likeness (QED) is 0.786. The summed E-state index contributed by atoms with van der Waals surface area (Å²) < 4.78 is 5.66. The van der Waals surface area contributed by atoms with Gasteiger partial charge in [-0.1, -0.05) is 0 Å². The average Bonchev–Trinajstić information content (AvgIpc) is 2.54. The van der Waals surface area contributed by atoms with Crippen molar-refractivity contribution in [1.29, 1.82) is 0 Å². The maximum atomic E-state index is 12.4. The Balaban J connectivity index is 1.90. The monoisotopic (exact) mass is 318 g/mol. The molecule has 1 saturated heterocycles. The number of Topliss-reactive ketones (excluding diaryl/α,β-unsaturated/α-hetero) is 1. The third-order valence-electron chi connectivity index (χ3n) is 3.96. The second-order valence-corrected chi connectivity index (χ2v) is 5.67. The van der Waals surface area contributed by atoms with Crippen molar-refractivity contribution in [2.75, 3.05) is 26.2 Å². The fourth-order valence-corrected chi connectivity index (χ4v) is 2.52. The van der Waals surface area contributed by atoms with Gasteiger partial charge in [0.2, 0.25) is 5.91 Å². The van der Waals surface area contributed by atoms with E-state index in [0.717, 1.165) is 0 Å². The zero-order chi connectivity index (χ0) is 17.0. The number of carbonyl (C=O) groups is 3. The number of nitrogens with zero attached hydrogens (tertiary/aromatic N) is 2. The lowest BCUT2D eigenvalue weighted by Gasteiger charge is -2.35. The first-order valence-electron chi connectivity index (χ1n) is 7.70. The smallest absolute Gasteiger partial charge is 0.263 e. The molecule has 1 aliphatic rings. The summed E-state index contributed by atoms with van der Waals surface area (Å²) in [4.78, 5) is 38.4. The molecular formula is C17H22N2O4. The average molecular weight is 318 g/mol. The number of benzene rings is 1. The van der Waals surface area contributed by atoms with Crippen LogP contribution in [0.15, 0.2) is 24.3 Å². The minimum atomic E-state index is -0.609. The summed E-state index contributed by atoms with van der Waals surface area (Å²) in [6.45, 7) is 6.90. The SMILES string of the molecule is CC(=O)c1ccc(O[C@@H](C)C(=O)N2CCN(C(C)=O)CC2)cc1. The molecule has 1 aliphatic heterocycles. The number of amides is 2. The van der Waals surface area contributed by atoms with Gasteiger partial charge in [-0.15, -0.1) is 0 Å². The molecule has 1 aromatic carbocycles. The van der Waals surface area contributed by atoms with Gasteiger partial charge in [-0.2, -0.15) is 0 Å². The molecule has 6 nitrogen and oxygen atoms in total.